The van der Waals surface area contributed by atoms with Crippen LogP contribution in [0.4, 0.5) is 5.69 Å². The number of hydrogen-bond donors (Lipinski definition) is 1. The number of anilines is 1. The highest BCUT2D eigenvalue weighted by molar-refractivity contribution is 6.12. The van der Waals surface area contributed by atoms with Crippen LogP contribution in [0.5, 0.6) is 11.5 Å². The van der Waals surface area contributed by atoms with E-state index in [0.717, 1.165) is 45.2 Å². The summed E-state index contributed by atoms with van der Waals surface area (Å²) in [4.78, 5) is 25.4. The van der Waals surface area contributed by atoms with Gasteiger partial charge < -0.3 is 14.8 Å². The van der Waals surface area contributed by atoms with Crippen molar-refractivity contribution >= 4 is 33.8 Å². The number of allylic oxidation sites excluding steroid dienone is 1. The Labute approximate surface area is 199 Å². The Morgan fingerprint density at radius 3 is 2.62 bits per heavy atom. The maximum Gasteiger partial charge on any atom is 0.311 e. The lowest BCUT2D eigenvalue weighted by Crippen LogP contribution is -2.33. The molecule has 1 heterocycles. The van der Waals surface area contributed by atoms with Gasteiger partial charge in [0.05, 0.1) is 13.2 Å². The molecule has 0 spiro atoms. The number of methoxy groups -OCH3 is 1. The molecule has 5 rings (SSSR count). The molecule has 0 radical (unpaired) electrons. The van der Waals surface area contributed by atoms with Crippen molar-refractivity contribution in [3.8, 4) is 11.5 Å². The van der Waals surface area contributed by atoms with E-state index in [9.17, 15) is 9.59 Å². The van der Waals surface area contributed by atoms with Crippen molar-refractivity contribution in [2.24, 2.45) is 5.41 Å². The van der Waals surface area contributed by atoms with Crippen LogP contribution in [-0.4, -0.2) is 18.9 Å². The molecule has 3 aromatic carbocycles. The van der Waals surface area contributed by atoms with Gasteiger partial charge in [-0.25, -0.2) is 0 Å². The molecule has 1 aliphatic carbocycles. The Hall–Kier alpha value is -3.60. The van der Waals surface area contributed by atoms with E-state index in [1.165, 1.54) is 0 Å². The fourth-order valence-corrected chi connectivity index (χ4v) is 5.23. The number of carbonyl (C=O) groups excluding carboxylic acids is 2. The monoisotopic (exact) mass is 455 g/mol. The average molecular weight is 456 g/mol. The van der Waals surface area contributed by atoms with Gasteiger partial charge in [-0.2, -0.15) is 0 Å². The van der Waals surface area contributed by atoms with Crippen LogP contribution in [0.2, 0.25) is 0 Å². The molecule has 0 saturated heterocycles. The van der Waals surface area contributed by atoms with E-state index in [4.69, 9.17) is 9.47 Å². The molecule has 0 aromatic heterocycles. The molecule has 2 aliphatic rings. The predicted molar refractivity (Wildman–Crippen MR) is 134 cm³/mol. The molecule has 3 aromatic rings. The summed E-state index contributed by atoms with van der Waals surface area (Å²) >= 11 is 0. The van der Waals surface area contributed by atoms with Gasteiger partial charge in [-0.05, 0) is 51.9 Å². The average Bonchev–Trinajstić information content (AvgIpc) is 2.82. The minimum Gasteiger partial charge on any atom is -0.493 e. The minimum atomic E-state index is -0.322. The van der Waals surface area contributed by atoms with E-state index in [2.05, 4.69) is 43.4 Å². The van der Waals surface area contributed by atoms with Crippen LogP contribution in [0.25, 0.3) is 16.3 Å². The fraction of sp³-hybridized carbons (Fsp3) is 0.310. The molecule has 0 bridgehead atoms. The molecule has 1 aliphatic heterocycles. The van der Waals surface area contributed by atoms with E-state index in [0.29, 0.717) is 17.9 Å². The first kappa shape index (κ1) is 22.2. The lowest BCUT2D eigenvalue weighted by Gasteiger charge is -2.40. The van der Waals surface area contributed by atoms with E-state index >= 15 is 0 Å². The number of carbonyl (C=O) groups is 2. The van der Waals surface area contributed by atoms with Gasteiger partial charge in [0.1, 0.15) is 0 Å². The Morgan fingerprint density at radius 2 is 1.85 bits per heavy atom. The first-order valence-electron chi connectivity index (χ1n) is 11.7. The molecule has 1 N–H and O–H groups in total. The van der Waals surface area contributed by atoms with Gasteiger partial charge in [0.15, 0.2) is 17.3 Å². The van der Waals surface area contributed by atoms with Gasteiger partial charge in [-0.1, -0.05) is 57.2 Å². The number of hydrogen-bond acceptors (Lipinski definition) is 5. The number of fused-ring (bicyclic) bond motifs is 4. The van der Waals surface area contributed by atoms with Gasteiger partial charge in [0, 0.05) is 29.7 Å². The molecule has 5 heteroatoms. The molecule has 34 heavy (non-hydrogen) atoms. The normalized spacial score (nSPS) is 18.7. The second-order valence-corrected chi connectivity index (χ2v) is 9.86. The summed E-state index contributed by atoms with van der Waals surface area (Å²) in [5.74, 6) is 0.696. The largest absolute Gasteiger partial charge is 0.493 e. The smallest absolute Gasteiger partial charge is 0.311 e. The third-order valence-electron chi connectivity index (χ3n) is 6.77. The zero-order chi connectivity index (χ0) is 24.0. The summed E-state index contributed by atoms with van der Waals surface area (Å²) in [5.41, 5.74) is 4.88. The van der Waals surface area contributed by atoms with Crippen LogP contribution in [0.15, 0.2) is 60.2 Å². The maximum atomic E-state index is 13.6. The highest BCUT2D eigenvalue weighted by Gasteiger charge is 2.41. The van der Waals surface area contributed by atoms with E-state index in [1.807, 2.05) is 24.3 Å². The highest BCUT2D eigenvalue weighted by atomic mass is 16.6. The summed E-state index contributed by atoms with van der Waals surface area (Å²) in [6.07, 6.45) is 1.62. The second-order valence-electron chi connectivity index (χ2n) is 9.86. The van der Waals surface area contributed by atoms with Gasteiger partial charge in [-0.3, -0.25) is 9.59 Å². The standard InChI is InChI=1S/C29H29NO4/c1-5-25(32)34-23-13-11-18(14-24(23)33-4)28-27-20(15-29(2,3)16-22(27)31)26-19-9-7-6-8-17(19)10-12-21(26)30-28/h6-14,28,30H,5,15-16H2,1-4H3. The number of benzene rings is 3. The van der Waals surface area contributed by atoms with E-state index < -0.39 is 0 Å². The number of ether oxygens (including phenoxy) is 2. The molecular weight excluding hydrogens is 426 g/mol. The van der Waals surface area contributed by atoms with Crippen molar-refractivity contribution in [1.29, 1.82) is 0 Å². The Kier molecular flexibility index (Phi) is 5.43. The van der Waals surface area contributed by atoms with E-state index in [1.54, 1.807) is 20.1 Å². The van der Waals surface area contributed by atoms with Crippen LogP contribution in [0.3, 0.4) is 0 Å². The van der Waals surface area contributed by atoms with Crippen LogP contribution >= 0.6 is 0 Å². The summed E-state index contributed by atoms with van der Waals surface area (Å²) in [6, 6.07) is 17.8. The molecule has 0 amide bonds. The van der Waals surface area contributed by atoms with Crippen molar-refractivity contribution in [1.82, 2.24) is 0 Å². The lowest BCUT2D eigenvalue weighted by atomic mass is 9.68. The quantitative estimate of drug-likeness (QED) is 0.361. The molecule has 5 nitrogen and oxygen atoms in total. The van der Waals surface area contributed by atoms with Crippen molar-refractivity contribution in [2.75, 3.05) is 12.4 Å². The number of esters is 1. The molecular formula is C29H29NO4. The van der Waals surface area contributed by atoms with Gasteiger partial charge >= 0.3 is 5.97 Å². The third kappa shape index (κ3) is 3.75. The number of rotatable bonds is 4. The Balaban J connectivity index is 1.68. The SMILES string of the molecule is CCC(=O)Oc1ccc(C2Nc3ccc4ccccc4c3C3=C2C(=O)CC(C)(C)C3)cc1OC. The van der Waals surface area contributed by atoms with Crippen LogP contribution in [-0.2, 0) is 9.59 Å². The van der Waals surface area contributed by atoms with Crippen molar-refractivity contribution in [3.05, 3.63) is 71.3 Å². The molecule has 1 atom stereocenters. The maximum absolute atomic E-state index is 13.6. The minimum absolute atomic E-state index is 0.109. The van der Waals surface area contributed by atoms with Gasteiger partial charge in [0.2, 0.25) is 0 Å². The Bertz CT molecular complexity index is 1350. The first-order chi connectivity index (χ1) is 16.3. The number of Topliss-reactive ketones (excluding diaryl/α,β-unsaturated/α-hetero) is 1. The molecule has 0 saturated carbocycles. The molecule has 0 fully saturated rings. The zero-order valence-electron chi connectivity index (χ0n) is 20.0. The van der Waals surface area contributed by atoms with Crippen LogP contribution < -0.4 is 14.8 Å². The summed E-state index contributed by atoms with van der Waals surface area (Å²) in [6.45, 7) is 6.08. The van der Waals surface area contributed by atoms with Crippen molar-refractivity contribution < 1.29 is 19.1 Å². The number of nitrogens with one attached hydrogen (secondary N) is 1. The van der Waals surface area contributed by atoms with Crippen LogP contribution in [0, 0.1) is 5.41 Å². The number of ketones is 1. The summed E-state index contributed by atoms with van der Waals surface area (Å²) < 4.78 is 11.0. The van der Waals surface area contributed by atoms with Crippen molar-refractivity contribution in [3.63, 3.8) is 0 Å². The summed E-state index contributed by atoms with van der Waals surface area (Å²) in [5, 5.41) is 5.96. The van der Waals surface area contributed by atoms with Crippen molar-refractivity contribution in [2.45, 2.75) is 46.1 Å². The van der Waals surface area contributed by atoms with Crippen LogP contribution in [0.1, 0.15) is 57.2 Å². The first-order valence-corrected chi connectivity index (χ1v) is 11.7. The topological polar surface area (TPSA) is 64.6 Å². The van der Waals surface area contributed by atoms with Gasteiger partial charge in [0.25, 0.3) is 0 Å². The Morgan fingerprint density at radius 1 is 1.06 bits per heavy atom. The fourth-order valence-electron chi connectivity index (χ4n) is 5.23. The predicted octanol–water partition coefficient (Wildman–Crippen LogP) is 6.47. The lowest BCUT2D eigenvalue weighted by molar-refractivity contribution is -0.134. The molecule has 174 valence electrons. The second kappa shape index (κ2) is 8.32. The van der Waals surface area contributed by atoms with Gasteiger partial charge in [-0.15, -0.1) is 0 Å². The third-order valence-corrected chi connectivity index (χ3v) is 6.77. The highest BCUT2D eigenvalue weighted by Crippen LogP contribution is 2.52. The van der Waals surface area contributed by atoms with E-state index in [-0.39, 0.29) is 29.6 Å². The zero-order valence-corrected chi connectivity index (χ0v) is 20.0. The summed E-state index contributed by atoms with van der Waals surface area (Å²) in [7, 11) is 1.55. The molecule has 1 unspecified atom stereocenters.